The Bertz CT molecular complexity index is 1420. The van der Waals surface area contributed by atoms with Gasteiger partial charge in [-0.1, -0.05) is 54.4 Å². The van der Waals surface area contributed by atoms with Crippen molar-refractivity contribution >= 4 is 70.4 Å². The van der Waals surface area contributed by atoms with E-state index in [1.165, 1.54) is 0 Å². The van der Waals surface area contributed by atoms with Gasteiger partial charge in [0.25, 0.3) is 0 Å². The second kappa shape index (κ2) is 17.1. The van der Waals surface area contributed by atoms with Crippen molar-refractivity contribution in [1.82, 2.24) is 9.80 Å². The fourth-order valence-electron chi connectivity index (χ4n) is 5.36. The number of carbonyl (C=O) groups is 4. The third-order valence-electron chi connectivity index (χ3n) is 7.55. The molecule has 0 aromatic heterocycles. The van der Waals surface area contributed by atoms with Crippen LogP contribution in [0.15, 0.2) is 47.0 Å². The molecule has 2 aromatic carbocycles. The standard InChI is InChI=1S/C24H30Cl2N4O3S.C6H8O7/c1-4-24(22(31)32,30-14-12-29(13-15-30)16-23(2,3)34-28-33)17-8-5-6-11-20(17)27-21-18(25)9-7-10-19(21)26;7-3(8)1-6(13,5(11)12)2-4(9)10/h5-11,27H,4,12-16H2,1-3H3,(H,31,32);13H,1-2H2,(H,7,8)(H,9,10)(H,11,12). The molecule has 2 aromatic rings. The quantitative estimate of drug-likeness (QED) is 0.106. The molecule has 1 saturated heterocycles. The fourth-order valence-corrected chi connectivity index (χ4v) is 6.29. The van der Waals surface area contributed by atoms with Crippen molar-refractivity contribution in [2.45, 2.75) is 55.9 Å². The van der Waals surface area contributed by atoms with Gasteiger partial charge in [0.1, 0.15) is 5.54 Å². The van der Waals surface area contributed by atoms with Crippen molar-refractivity contribution < 1.29 is 44.7 Å². The molecule has 0 amide bonds. The monoisotopic (exact) mass is 716 g/mol. The number of rotatable bonds is 15. The highest BCUT2D eigenvalue weighted by molar-refractivity contribution is 7.99. The van der Waals surface area contributed by atoms with Crippen LogP contribution >= 0.6 is 35.1 Å². The minimum absolute atomic E-state index is 0.302. The summed E-state index contributed by atoms with van der Waals surface area (Å²) in [6.07, 6.45) is -1.91. The zero-order valence-electron chi connectivity index (χ0n) is 26.0. The molecule has 0 radical (unpaired) electrons. The van der Waals surface area contributed by atoms with Gasteiger partial charge in [-0.05, 0) is 38.5 Å². The number of carboxylic acid groups (broad SMARTS) is 4. The highest BCUT2D eigenvalue weighted by atomic mass is 35.5. The van der Waals surface area contributed by atoms with Crippen LogP contribution in [0, 0.1) is 4.91 Å². The fraction of sp³-hybridized carbons (Fsp3) is 0.467. The molecule has 14 nitrogen and oxygen atoms in total. The Labute approximate surface area is 285 Å². The van der Waals surface area contributed by atoms with Gasteiger partial charge in [-0.3, -0.25) is 19.4 Å². The van der Waals surface area contributed by atoms with Gasteiger partial charge in [-0.15, -0.1) is 4.91 Å². The largest absolute Gasteiger partial charge is 0.481 e. The van der Waals surface area contributed by atoms with Crippen molar-refractivity contribution in [2.75, 3.05) is 38.0 Å². The Hall–Kier alpha value is -3.47. The Balaban J connectivity index is 0.000000500. The number of nitrogens with zero attached hydrogens (tertiary/aromatic N) is 3. The number of aliphatic hydroxyl groups is 1. The van der Waals surface area contributed by atoms with E-state index in [1.54, 1.807) is 18.2 Å². The molecule has 1 heterocycles. The third kappa shape index (κ3) is 10.5. The molecule has 0 spiro atoms. The normalized spacial score (nSPS) is 15.4. The Morgan fingerprint density at radius 3 is 1.85 bits per heavy atom. The highest BCUT2D eigenvalue weighted by Crippen LogP contribution is 2.41. The van der Waals surface area contributed by atoms with Crippen LogP contribution < -0.4 is 5.32 Å². The predicted octanol–water partition coefficient (Wildman–Crippen LogP) is 4.99. The summed E-state index contributed by atoms with van der Waals surface area (Å²) in [5.74, 6) is -5.92. The molecule has 1 aliphatic heterocycles. The Morgan fingerprint density at radius 2 is 1.40 bits per heavy atom. The summed E-state index contributed by atoms with van der Waals surface area (Å²) in [5, 5.41) is 48.6. The predicted molar refractivity (Wildman–Crippen MR) is 178 cm³/mol. The number of halogens is 2. The van der Waals surface area contributed by atoms with Crippen molar-refractivity contribution in [3.8, 4) is 0 Å². The van der Waals surface area contributed by atoms with Crippen molar-refractivity contribution in [2.24, 2.45) is 4.58 Å². The number of piperazine rings is 1. The lowest BCUT2D eigenvalue weighted by molar-refractivity contribution is -0.170. The minimum Gasteiger partial charge on any atom is -0.481 e. The first-order chi connectivity index (χ1) is 21.9. The van der Waals surface area contributed by atoms with Gasteiger partial charge in [0, 0.05) is 65.3 Å². The van der Waals surface area contributed by atoms with E-state index in [1.807, 2.05) is 49.9 Å². The smallest absolute Gasteiger partial charge is 0.336 e. The molecule has 47 heavy (non-hydrogen) atoms. The summed E-state index contributed by atoms with van der Waals surface area (Å²) in [7, 11) is 0. The number of aliphatic carboxylic acids is 4. The van der Waals surface area contributed by atoms with Gasteiger partial charge in [0.15, 0.2) is 5.60 Å². The number of hydrogen-bond donors (Lipinski definition) is 6. The van der Waals surface area contributed by atoms with E-state index in [9.17, 15) is 29.2 Å². The number of carboxylic acids is 4. The third-order valence-corrected chi connectivity index (χ3v) is 8.87. The molecule has 3 rings (SSSR count). The second-order valence-electron chi connectivity index (χ2n) is 11.5. The number of nitroso groups, excluding NO2 is 1. The average molecular weight is 718 g/mol. The van der Waals surface area contributed by atoms with Crippen LogP contribution in [0.4, 0.5) is 11.4 Å². The van der Waals surface area contributed by atoms with E-state index < -0.39 is 47.9 Å². The van der Waals surface area contributed by atoms with Gasteiger partial charge in [-0.25, -0.2) is 9.59 Å². The number of benzene rings is 2. The minimum atomic E-state index is -2.74. The summed E-state index contributed by atoms with van der Waals surface area (Å²) < 4.78 is 2.68. The maximum absolute atomic E-state index is 12.9. The van der Waals surface area contributed by atoms with Crippen LogP contribution in [0.5, 0.6) is 0 Å². The van der Waals surface area contributed by atoms with Crippen molar-refractivity contribution in [3.63, 3.8) is 0 Å². The molecule has 1 fully saturated rings. The van der Waals surface area contributed by atoms with Crippen LogP contribution in [-0.4, -0.2) is 102 Å². The van der Waals surface area contributed by atoms with E-state index in [-0.39, 0.29) is 4.75 Å². The van der Waals surface area contributed by atoms with Gasteiger partial charge in [-0.2, -0.15) is 0 Å². The Morgan fingerprint density at radius 1 is 0.872 bits per heavy atom. The van der Waals surface area contributed by atoms with Crippen LogP contribution in [-0.2, 0) is 24.7 Å². The van der Waals surface area contributed by atoms with Gasteiger partial charge >= 0.3 is 23.9 Å². The zero-order valence-corrected chi connectivity index (χ0v) is 28.3. The number of nitrogens with one attached hydrogen (secondary N) is 1. The summed E-state index contributed by atoms with van der Waals surface area (Å²) in [6, 6.07) is 12.7. The van der Waals surface area contributed by atoms with E-state index in [4.69, 9.17) is 43.6 Å². The Kier molecular flexibility index (Phi) is 14.4. The highest BCUT2D eigenvalue weighted by Gasteiger charge is 2.47. The van der Waals surface area contributed by atoms with Crippen LogP contribution in [0.3, 0.4) is 0 Å². The molecule has 6 N–H and O–H groups in total. The van der Waals surface area contributed by atoms with Gasteiger partial charge in [0.2, 0.25) is 0 Å². The lowest BCUT2D eigenvalue weighted by atomic mass is 9.83. The van der Waals surface area contributed by atoms with E-state index in [0.717, 1.165) is 11.9 Å². The first-order valence-electron chi connectivity index (χ1n) is 14.3. The van der Waals surface area contributed by atoms with Crippen LogP contribution in [0.25, 0.3) is 0 Å². The van der Waals surface area contributed by atoms with Gasteiger partial charge in [0.05, 0.1) is 28.6 Å². The molecule has 1 unspecified atom stereocenters. The molecular formula is C30H38Cl2N4O10S. The molecular weight excluding hydrogens is 679 g/mol. The molecule has 0 aliphatic carbocycles. The molecule has 17 heteroatoms. The van der Waals surface area contributed by atoms with E-state index in [2.05, 4.69) is 14.8 Å². The summed E-state index contributed by atoms with van der Waals surface area (Å²) >= 11 is 13.8. The number of hydrogen-bond acceptors (Lipinski definition) is 11. The summed E-state index contributed by atoms with van der Waals surface area (Å²) in [5.41, 5.74) is -2.10. The molecule has 1 atom stereocenters. The molecule has 1 aliphatic rings. The summed E-state index contributed by atoms with van der Waals surface area (Å²) in [6.45, 7) is 9.13. The second-order valence-corrected chi connectivity index (χ2v) is 13.7. The van der Waals surface area contributed by atoms with E-state index >= 15 is 0 Å². The SMILES string of the molecule is CCC(C(=O)O)(c1ccccc1Nc1c(Cl)cccc1Cl)N1CCN(CC(C)(C)SN=O)CC1.O=C(O)CC(O)(CC(=O)O)C(=O)O. The molecule has 258 valence electrons. The van der Waals surface area contributed by atoms with Crippen molar-refractivity contribution in [3.05, 3.63) is 63.0 Å². The maximum Gasteiger partial charge on any atom is 0.336 e. The topological polar surface area (TPSA) is 217 Å². The number of para-hydroxylation sites is 2. The maximum atomic E-state index is 12.9. The lowest BCUT2D eigenvalue weighted by Crippen LogP contribution is -2.59. The van der Waals surface area contributed by atoms with Crippen molar-refractivity contribution in [1.29, 1.82) is 0 Å². The first-order valence-corrected chi connectivity index (χ1v) is 15.9. The molecule has 0 saturated carbocycles. The number of anilines is 2. The first kappa shape index (κ1) is 39.7. The molecule has 0 bridgehead atoms. The summed E-state index contributed by atoms with van der Waals surface area (Å²) in [4.78, 5) is 58.4. The van der Waals surface area contributed by atoms with Crippen LogP contribution in [0.1, 0.15) is 45.6 Å². The average Bonchev–Trinajstić information content (AvgIpc) is 2.96. The van der Waals surface area contributed by atoms with E-state index in [0.29, 0.717) is 66.1 Å². The van der Waals surface area contributed by atoms with Crippen LogP contribution in [0.2, 0.25) is 10.0 Å². The lowest BCUT2D eigenvalue weighted by Gasteiger charge is -2.46. The zero-order chi connectivity index (χ0) is 35.6. The van der Waals surface area contributed by atoms with Gasteiger partial charge < -0.3 is 30.8 Å².